The Morgan fingerprint density at radius 3 is 1.29 bits per heavy atom. The Morgan fingerprint density at radius 2 is 1.29 bits per heavy atom. The topological polar surface area (TPSA) is 50.4 Å². The van der Waals surface area contributed by atoms with Crippen molar-refractivity contribution in [3.8, 4) is 0 Å². The monoisotopic (exact) mass is 248 g/mol. The van der Waals surface area contributed by atoms with Gasteiger partial charge in [-0.25, -0.2) is 0 Å². The number of hydrogen-bond donors (Lipinski definition) is 2. The van der Waals surface area contributed by atoms with Crippen molar-refractivity contribution >= 4 is 5.91 Å². The highest BCUT2D eigenvalue weighted by molar-refractivity contribution is 5.77. The van der Waals surface area contributed by atoms with E-state index >= 15 is 0 Å². The van der Waals surface area contributed by atoms with Crippen molar-refractivity contribution in [3.05, 3.63) is 0 Å². The van der Waals surface area contributed by atoms with Crippen LogP contribution in [0.1, 0.15) is 41.5 Å². The molecule has 0 spiro atoms. The number of rotatable bonds is 3. The molecule has 0 bridgehead atoms. The first-order valence-corrected chi connectivity index (χ1v) is 6.14. The number of carbonyl (C=O) groups is 1. The highest BCUT2D eigenvalue weighted by Crippen LogP contribution is 1.87. The van der Waals surface area contributed by atoms with Crippen LogP contribution >= 0.6 is 0 Å². The Morgan fingerprint density at radius 1 is 1.00 bits per heavy atom. The minimum atomic E-state index is 0.0972. The average Bonchev–Trinajstić information content (AvgIpc) is 2.29. The summed E-state index contributed by atoms with van der Waals surface area (Å²) in [6.45, 7) is 11.9. The van der Waals surface area contributed by atoms with Gasteiger partial charge in [0.15, 0.2) is 0 Å². The zero-order chi connectivity index (χ0) is 14.4. The second kappa shape index (κ2) is 15.4. The van der Waals surface area contributed by atoms with Crippen LogP contribution in [0.3, 0.4) is 0 Å². The van der Waals surface area contributed by atoms with E-state index in [9.17, 15) is 4.79 Å². The number of hydrogen-bond acceptors (Lipinski definition) is 3. The SMILES string of the molecule is CNC(=O)C(C)C.CNC(C)C.COC(C)C. The van der Waals surface area contributed by atoms with Crippen molar-refractivity contribution in [2.75, 3.05) is 21.2 Å². The molecule has 0 atom stereocenters. The summed E-state index contributed by atoms with van der Waals surface area (Å²) in [6.07, 6.45) is 0.384. The Kier molecular flexibility index (Phi) is 19.6. The highest BCUT2D eigenvalue weighted by Gasteiger charge is 2.00. The molecule has 2 N–H and O–H groups in total. The third-order valence-electron chi connectivity index (χ3n) is 1.82. The summed E-state index contributed by atoms with van der Waals surface area (Å²) in [5.41, 5.74) is 0. The van der Waals surface area contributed by atoms with Gasteiger partial charge in [0.25, 0.3) is 0 Å². The Balaban J connectivity index is -0.000000177. The van der Waals surface area contributed by atoms with E-state index in [2.05, 4.69) is 24.5 Å². The van der Waals surface area contributed by atoms with Gasteiger partial charge in [0, 0.05) is 26.1 Å². The molecule has 0 fully saturated rings. The zero-order valence-electron chi connectivity index (χ0n) is 13.0. The van der Waals surface area contributed by atoms with Crippen LogP contribution in [-0.4, -0.2) is 39.3 Å². The van der Waals surface area contributed by atoms with E-state index < -0.39 is 0 Å². The summed E-state index contributed by atoms with van der Waals surface area (Å²) in [4.78, 5) is 10.4. The molecular formula is C13H32N2O2. The van der Waals surface area contributed by atoms with Gasteiger partial charge in [-0.15, -0.1) is 0 Å². The molecule has 1 amide bonds. The molecule has 0 rings (SSSR count). The molecule has 106 valence electrons. The van der Waals surface area contributed by atoms with Crippen LogP contribution in [0.2, 0.25) is 0 Å². The van der Waals surface area contributed by atoms with Crippen molar-refractivity contribution in [1.82, 2.24) is 10.6 Å². The first kappa shape index (κ1) is 21.7. The molecule has 17 heavy (non-hydrogen) atoms. The summed E-state index contributed by atoms with van der Waals surface area (Å²) in [5.74, 6) is 0.213. The molecule has 0 heterocycles. The fraction of sp³-hybridized carbons (Fsp3) is 0.923. The van der Waals surface area contributed by atoms with Crippen LogP contribution in [0.5, 0.6) is 0 Å². The van der Waals surface area contributed by atoms with E-state index in [1.807, 2.05) is 34.7 Å². The molecule has 0 aliphatic rings. The minimum absolute atomic E-state index is 0.0972. The molecule has 0 saturated heterocycles. The highest BCUT2D eigenvalue weighted by atomic mass is 16.5. The maximum Gasteiger partial charge on any atom is 0.222 e. The smallest absolute Gasteiger partial charge is 0.222 e. The number of methoxy groups -OCH3 is 1. The third kappa shape index (κ3) is 31.3. The van der Waals surface area contributed by atoms with E-state index in [1.165, 1.54) is 0 Å². The van der Waals surface area contributed by atoms with Gasteiger partial charge in [0.05, 0.1) is 6.10 Å². The van der Waals surface area contributed by atoms with Crippen LogP contribution in [0, 0.1) is 5.92 Å². The minimum Gasteiger partial charge on any atom is -0.382 e. The fourth-order valence-corrected chi connectivity index (χ4v) is 0.289. The summed E-state index contributed by atoms with van der Waals surface area (Å²) < 4.78 is 4.75. The molecule has 0 aromatic carbocycles. The van der Waals surface area contributed by atoms with Gasteiger partial charge in [0.1, 0.15) is 0 Å². The molecule has 0 aliphatic carbocycles. The lowest BCUT2D eigenvalue weighted by atomic mass is 10.2. The molecule has 0 aliphatic heterocycles. The van der Waals surface area contributed by atoms with Crippen LogP contribution < -0.4 is 10.6 Å². The molecule has 0 aromatic rings. The average molecular weight is 248 g/mol. The number of ether oxygens (including phenoxy) is 1. The van der Waals surface area contributed by atoms with Crippen molar-refractivity contribution < 1.29 is 9.53 Å². The van der Waals surface area contributed by atoms with Crippen LogP contribution in [0.15, 0.2) is 0 Å². The number of amides is 1. The maximum atomic E-state index is 10.4. The van der Waals surface area contributed by atoms with Gasteiger partial charge in [-0.3, -0.25) is 4.79 Å². The third-order valence-corrected chi connectivity index (χ3v) is 1.82. The van der Waals surface area contributed by atoms with Crippen molar-refractivity contribution in [3.63, 3.8) is 0 Å². The lowest BCUT2D eigenvalue weighted by molar-refractivity contribution is -0.123. The zero-order valence-corrected chi connectivity index (χ0v) is 13.0. The molecular weight excluding hydrogens is 216 g/mol. The molecule has 0 aromatic heterocycles. The van der Waals surface area contributed by atoms with Gasteiger partial charge in [-0.1, -0.05) is 27.7 Å². The predicted molar refractivity (Wildman–Crippen MR) is 75.2 cm³/mol. The summed E-state index contributed by atoms with van der Waals surface area (Å²) in [7, 11) is 5.29. The van der Waals surface area contributed by atoms with E-state index in [-0.39, 0.29) is 11.8 Å². The second-order valence-electron chi connectivity index (χ2n) is 4.50. The van der Waals surface area contributed by atoms with Gasteiger partial charge in [-0.05, 0) is 20.9 Å². The van der Waals surface area contributed by atoms with E-state index in [4.69, 9.17) is 4.74 Å². The summed E-state index contributed by atoms with van der Waals surface area (Å²) in [6, 6.07) is 0.634. The normalized spacial score (nSPS) is 9.41. The maximum absolute atomic E-state index is 10.4. The van der Waals surface area contributed by atoms with Crippen LogP contribution in [0.4, 0.5) is 0 Å². The van der Waals surface area contributed by atoms with Gasteiger partial charge >= 0.3 is 0 Å². The molecule has 4 nitrogen and oxygen atoms in total. The lowest BCUT2D eigenvalue weighted by Crippen LogP contribution is -2.22. The predicted octanol–water partition coefficient (Wildman–Crippen LogP) is 2.04. The summed E-state index contributed by atoms with van der Waals surface area (Å²) in [5, 5.41) is 5.55. The first-order valence-electron chi connectivity index (χ1n) is 6.14. The van der Waals surface area contributed by atoms with Crippen molar-refractivity contribution in [2.45, 2.75) is 53.7 Å². The van der Waals surface area contributed by atoms with E-state index in [1.54, 1.807) is 14.2 Å². The lowest BCUT2D eigenvalue weighted by Gasteiger charge is -1.98. The standard InChI is InChI=1S/C5H11NO.C4H11N.C4H10O/c1-4(2)5(7)6-3;2*1-4(2)5-3/h4H,1-3H3,(H,6,7);4-5H,1-3H3;4H,1-3H3. The number of nitrogens with one attached hydrogen (secondary N) is 2. The molecule has 0 radical (unpaired) electrons. The van der Waals surface area contributed by atoms with E-state index in [0.29, 0.717) is 12.1 Å². The summed E-state index contributed by atoms with van der Waals surface area (Å²) >= 11 is 0. The van der Waals surface area contributed by atoms with Crippen molar-refractivity contribution in [2.24, 2.45) is 5.92 Å². The number of carbonyl (C=O) groups excluding carboxylic acids is 1. The van der Waals surface area contributed by atoms with Crippen molar-refractivity contribution in [1.29, 1.82) is 0 Å². The van der Waals surface area contributed by atoms with Gasteiger partial charge in [0.2, 0.25) is 5.91 Å². The molecule has 4 heteroatoms. The fourth-order valence-electron chi connectivity index (χ4n) is 0.289. The molecule has 0 unspecified atom stereocenters. The second-order valence-corrected chi connectivity index (χ2v) is 4.50. The van der Waals surface area contributed by atoms with Crippen LogP contribution in [-0.2, 0) is 9.53 Å². The Bertz CT molecular complexity index is 149. The van der Waals surface area contributed by atoms with Crippen LogP contribution in [0.25, 0.3) is 0 Å². The first-order chi connectivity index (χ1) is 7.72. The van der Waals surface area contributed by atoms with E-state index in [0.717, 1.165) is 0 Å². The Hall–Kier alpha value is -0.610. The van der Waals surface area contributed by atoms with Gasteiger partial charge < -0.3 is 15.4 Å². The Labute approximate surface area is 108 Å². The largest absolute Gasteiger partial charge is 0.382 e. The molecule has 0 saturated carbocycles. The van der Waals surface area contributed by atoms with Gasteiger partial charge in [-0.2, -0.15) is 0 Å². The quantitative estimate of drug-likeness (QED) is 0.803.